The Morgan fingerprint density at radius 3 is 1.63 bits per heavy atom. The van der Waals surface area contributed by atoms with Crippen LogP contribution in [0.25, 0.3) is 86.6 Å². The van der Waals surface area contributed by atoms with Gasteiger partial charge in [-0.3, -0.25) is 0 Å². The van der Waals surface area contributed by atoms with Crippen LogP contribution in [0.2, 0.25) is 0 Å². The first-order valence-corrected chi connectivity index (χ1v) is 20.1. The summed E-state index contributed by atoms with van der Waals surface area (Å²) in [6.45, 7) is 0. The molecule has 10 aromatic carbocycles. The normalized spacial score (nSPS) is 14.8. The summed E-state index contributed by atoms with van der Waals surface area (Å²) < 4.78 is 138. The molecule has 0 saturated carbocycles. The third-order valence-electron chi connectivity index (χ3n) is 10.5. The standard InChI is InChI=1S/C58H39NS/c1-4-13-40(14-5-1)45-19-12-20-46(37-45)42-27-31-51(32-28-42)59(55-36-35-53(44-17-8-3-9-18-44)58-57(55)54-21-10-11-22-56(54)60-58)52-33-29-43(30-34-52)48-24-26-49-38-47(23-25-50(49)39-48)41-15-6-2-7-16-41/h1-39H/i2D,6D,7D,15D,16D,23D,24D,25D,26D,29D,30D,33D,34D,38D,39D. The van der Waals surface area contributed by atoms with Crippen LogP contribution < -0.4 is 4.90 Å². The minimum atomic E-state index is -0.784. The summed E-state index contributed by atoms with van der Waals surface area (Å²) in [6, 6.07) is 36.9. The van der Waals surface area contributed by atoms with Crippen molar-refractivity contribution >= 4 is 59.3 Å². The molecule has 60 heavy (non-hydrogen) atoms. The molecule has 0 radical (unpaired) electrons. The van der Waals surface area contributed by atoms with Gasteiger partial charge < -0.3 is 4.90 Å². The molecule has 0 atom stereocenters. The number of benzene rings is 10. The van der Waals surface area contributed by atoms with Gasteiger partial charge in [-0.1, -0.05) is 182 Å². The van der Waals surface area contributed by atoms with E-state index < -0.39 is 124 Å². The van der Waals surface area contributed by atoms with Crippen LogP contribution in [-0.2, 0) is 0 Å². The van der Waals surface area contributed by atoms with E-state index >= 15 is 0 Å². The van der Waals surface area contributed by atoms with E-state index in [1.54, 1.807) is 16.2 Å². The Balaban J connectivity index is 1.15. The van der Waals surface area contributed by atoms with Crippen LogP contribution in [-0.4, -0.2) is 0 Å². The SMILES string of the molecule is [2H]c1c([2H])c([2H])c(-c2c([2H])c([2H])c3c([2H])c(-c4c([2H])c([2H])c(N(c5ccc(-c6cccc(-c7ccccc7)c6)cc5)c5ccc(-c6ccccc6)c6sc7ccccc7c56)c([2H])c4[2H])c([2H])c([2H])c3c2[2H])c([2H])c1[2H]. The summed E-state index contributed by atoms with van der Waals surface area (Å²) in [5.74, 6) is 0. The lowest BCUT2D eigenvalue weighted by Crippen LogP contribution is -2.10. The fourth-order valence-corrected chi connectivity index (χ4v) is 8.84. The highest BCUT2D eigenvalue weighted by molar-refractivity contribution is 7.26. The van der Waals surface area contributed by atoms with E-state index in [1.165, 1.54) is 0 Å². The van der Waals surface area contributed by atoms with Gasteiger partial charge in [-0.15, -0.1) is 11.3 Å². The summed E-state index contributed by atoms with van der Waals surface area (Å²) in [7, 11) is 0. The summed E-state index contributed by atoms with van der Waals surface area (Å²) in [5.41, 5.74) is 4.58. The maximum absolute atomic E-state index is 9.85. The minimum absolute atomic E-state index is 0.145. The Hall–Kier alpha value is -7.52. The molecular weight excluding hydrogens is 743 g/mol. The van der Waals surface area contributed by atoms with Crippen molar-refractivity contribution < 1.29 is 20.6 Å². The maximum atomic E-state index is 9.85. The Bertz CT molecular complexity index is 4120. The van der Waals surface area contributed by atoms with E-state index in [9.17, 15) is 11.0 Å². The zero-order chi connectivity index (χ0) is 52.9. The Morgan fingerprint density at radius 1 is 0.383 bits per heavy atom. The molecule has 1 heterocycles. The number of nitrogens with zero attached hydrogens (tertiary/aromatic N) is 1. The molecule has 282 valence electrons. The van der Waals surface area contributed by atoms with Crippen LogP contribution in [0.4, 0.5) is 17.1 Å². The zero-order valence-electron chi connectivity index (χ0n) is 46.7. The highest BCUT2D eigenvalue weighted by atomic mass is 32.1. The predicted molar refractivity (Wildman–Crippen MR) is 259 cm³/mol. The van der Waals surface area contributed by atoms with Crippen LogP contribution >= 0.6 is 11.3 Å². The monoisotopic (exact) mass is 796 g/mol. The van der Waals surface area contributed by atoms with E-state index in [0.717, 1.165) is 53.6 Å². The largest absolute Gasteiger partial charge is 0.310 e. The van der Waals surface area contributed by atoms with Crippen molar-refractivity contribution in [1.29, 1.82) is 0 Å². The molecule has 0 spiro atoms. The molecule has 0 aliphatic heterocycles. The van der Waals surface area contributed by atoms with Crippen LogP contribution in [0.15, 0.2) is 236 Å². The van der Waals surface area contributed by atoms with Crippen molar-refractivity contribution in [2.45, 2.75) is 0 Å². The second-order valence-corrected chi connectivity index (χ2v) is 15.2. The van der Waals surface area contributed by atoms with Gasteiger partial charge in [0.1, 0.15) is 0 Å². The number of fused-ring (bicyclic) bond motifs is 4. The van der Waals surface area contributed by atoms with Crippen molar-refractivity contribution in [2.24, 2.45) is 0 Å². The first-order chi connectivity index (χ1) is 36.0. The van der Waals surface area contributed by atoms with Gasteiger partial charge in [-0.2, -0.15) is 0 Å². The summed E-state index contributed by atoms with van der Waals surface area (Å²) in [5, 5.41) is 0.725. The first-order valence-electron chi connectivity index (χ1n) is 26.8. The van der Waals surface area contributed by atoms with Gasteiger partial charge in [0, 0.05) is 31.5 Å². The second kappa shape index (κ2) is 15.3. The second-order valence-electron chi connectivity index (χ2n) is 14.1. The molecule has 0 N–H and O–H groups in total. The molecule has 0 bridgehead atoms. The lowest BCUT2D eigenvalue weighted by atomic mass is 9.97. The third kappa shape index (κ3) is 6.63. The molecule has 0 fully saturated rings. The molecule has 1 aromatic heterocycles. The number of rotatable bonds is 8. The van der Waals surface area contributed by atoms with E-state index in [2.05, 4.69) is 6.07 Å². The van der Waals surface area contributed by atoms with Crippen molar-refractivity contribution in [2.75, 3.05) is 4.90 Å². The summed E-state index contributed by atoms with van der Waals surface area (Å²) >= 11 is 1.59. The molecule has 11 aromatic rings. The number of hydrogen-bond acceptors (Lipinski definition) is 2. The molecule has 2 heteroatoms. The highest BCUT2D eigenvalue weighted by Gasteiger charge is 2.21. The third-order valence-corrected chi connectivity index (χ3v) is 11.7. The van der Waals surface area contributed by atoms with E-state index in [-0.39, 0.29) is 5.69 Å². The lowest BCUT2D eigenvalue weighted by Gasteiger charge is -2.27. The molecular formula is C58H39NS. The van der Waals surface area contributed by atoms with Gasteiger partial charge in [0.2, 0.25) is 0 Å². The van der Waals surface area contributed by atoms with Crippen molar-refractivity contribution in [3.8, 4) is 55.6 Å². The minimum Gasteiger partial charge on any atom is -0.310 e. The molecule has 0 aliphatic rings. The molecule has 0 amide bonds. The fraction of sp³-hybridized carbons (Fsp3) is 0. The van der Waals surface area contributed by atoms with Gasteiger partial charge in [-0.25, -0.2) is 0 Å². The summed E-state index contributed by atoms with van der Waals surface area (Å²) in [6.07, 6.45) is 0. The Kier molecular flexibility index (Phi) is 5.92. The maximum Gasteiger partial charge on any atom is 0.0645 e. The first kappa shape index (κ1) is 23.2. The molecule has 0 aliphatic carbocycles. The van der Waals surface area contributed by atoms with E-state index in [1.807, 2.05) is 140 Å². The molecule has 0 saturated heterocycles. The highest BCUT2D eigenvalue weighted by Crippen LogP contribution is 2.48. The fourth-order valence-electron chi connectivity index (χ4n) is 7.59. The Morgan fingerprint density at radius 2 is 0.950 bits per heavy atom. The van der Waals surface area contributed by atoms with Crippen LogP contribution in [0, 0.1) is 0 Å². The zero-order valence-corrected chi connectivity index (χ0v) is 32.5. The smallest absolute Gasteiger partial charge is 0.0645 e. The number of thiophene rings is 1. The van der Waals surface area contributed by atoms with Crippen molar-refractivity contribution in [1.82, 2.24) is 0 Å². The van der Waals surface area contributed by atoms with Gasteiger partial charge >= 0.3 is 0 Å². The van der Waals surface area contributed by atoms with E-state index in [0.29, 0.717) is 11.4 Å². The van der Waals surface area contributed by atoms with Crippen LogP contribution in [0.1, 0.15) is 20.6 Å². The van der Waals surface area contributed by atoms with Crippen LogP contribution in [0.5, 0.6) is 0 Å². The van der Waals surface area contributed by atoms with Gasteiger partial charge in [0.05, 0.1) is 26.2 Å². The van der Waals surface area contributed by atoms with Crippen molar-refractivity contribution in [3.05, 3.63) is 236 Å². The quantitative estimate of drug-likeness (QED) is 0.148. The van der Waals surface area contributed by atoms with Gasteiger partial charge in [0.25, 0.3) is 0 Å². The average molecular weight is 797 g/mol. The topological polar surface area (TPSA) is 3.24 Å². The van der Waals surface area contributed by atoms with Gasteiger partial charge in [-0.05, 0) is 121 Å². The van der Waals surface area contributed by atoms with E-state index in [4.69, 9.17) is 9.60 Å². The molecule has 0 unspecified atom stereocenters. The molecule has 11 rings (SSSR count). The number of anilines is 3. The summed E-state index contributed by atoms with van der Waals surface area (Å²) in [4.78, 5) is 1.70. The lowest BCUT2D eigenvalue weighted by molar-refractivity contribution is 1.30. The van der Waals surface area contributed by atoms with Gasteiger partial charge in [0.15, 0.2) is 0 Å². The molecule has 1 nitrogen and oxygen atoms in total. The predicted octanol–water partition coefficient (Wildman–Crippen LogP) is 17.0. The van der Waals surface area contributed by atoms with Crippen LogP contribution in [0.3, 0.4) is 0 Å². The average Bonchev–Trinajstić information content (AvgIpc) is 3.83. The number of hydrogen-bond donors (Lipinski definition) is 0. The Labute approximate surface area is 375 Å². The van der Waals surface area contributed by atoms with Crippen molar-refractivity contribution in [3.63, 3.8) is 0 Å².